The largest absolute Gasteiger partial charge is 0.464 e. The van der Waals surface area contributed by atoms with Gasteiger partial charge in [0, 0.05) is 18.2 Å². The molecule has 2 heterocycles. The molecule has 0 N–H and O–H groups in total. The monoisotopic (exact) mass is 347 g/mol. The predicted octanol–water partition coefficient (Wildman–Crippen LogP) is 2.67. The van der Waals surface area contributed by atoms with Crippen molar-refractivity contribution in [2.45, 2.75) is 24.6 Å². The van der Waals surface area contributed by atoms with Gasteiger partial charge in [-0.3, -0.25) is 9.80 Å². The first-order chi connectivity index (χ1) is 12.7. The second-order valence-electron chi connectivity index (χ2n) is 6.18. The average Bonchev–Trinajstić information content (AvgIpc) is 3.08. The first-order valence-corrected chi connectivity index (χ1v) is 8.35. The molecule has 0 bridgehead atoms. The minimum Gasteiger partial charge on any atom is -0.464 e. The van der Waals surface area contributed by atoms with E-state index >= 15 is 0 Å². The Morgan fingerprint density at radius 1 is 1.31 bits per heavy atom. The van der Waals surface area contributed by atoms with Crippen molar-refractivity contribution in [3.05, 3.63) is 66.0 Å². The Bertz CT molecular complexity index is 893. The molecule has 3 aliphatic rings. The van der Waals surface area contributed by atoms with E-state index in [1.807, 2.05) is 59.6 Å². The van der Waals surface area contributed by atoms with E-state index in [2.05, 4.69) is 5.10 Å². The Balaban J connectivity index is 1.75. The van der Waals surface area contributed by atoms with Gasteiger partial charge < -0.3 is 9.47 Å². The summed E-state index contributed by atoms with van der Waals surface area (Å²) in [6, 6.07) is 9.27. The van der Waals surface area contributed by atoms with Gasteiger partial charge in [0.2, 0.25) is 0 Å². The van der Waals surface area contributed by atoms with E-state index in [4.69, 9.17) is 14.7 Å². The van der Waals surface area contributed by atoms with Gasteiger partial charge in [0.1, 0.15) is 23.9 Å². The molecule has 130 valence electrons. The average molecular weight is 347 g/mol. The molecule has 0 amide bonds. The summed E-state index contributed by atoms with van der Waals surface area (Å²) in [4.78, 5) is 12.4. The number of carbonyl (C=O) groups is 1. The fraction of sp³-hybridized carbons (Fsp3) is 0.250. The van der Waals surface area contributed by atoms with Crippen molar-refractivity contribution in [2.75, 3.05) is 7.11 Å². The van der Waals surface area contributed by atoms with Crippen molar-refractivity contribution in [3.63, 3.8) is 0 Å². The summed E-state index contributed by atoms with van der Waals surface area (Å²) < 4.78 is 11.0. The van der Waals surface area contributed by atoms with Crippen LogP contribution in [0, 0.1) is 11.3 Å². The molecule has 4 rings (SSSR count). The van der Waals surface area contributed by atoms with Crippen LogP contribution in [0.4, 0.5) is 0 Å². The lowest BCUT2D eigenvalue weighted by atomic mass is 9.91. The number of nitriles is 1. The molecule has 6 heteroatoms. The van der Waals surface area contributed by atoms with E-state index in [1.165, 1.54) is 0 Å². The third-order valence-electron chi connectivity index (χ3n) is 4.65. The standard InChI is InChI=1S/C20H17N3O3/c1-25-14-8-6-13(7-9-14)23-20-15-4-2-3-5-18(15)26-12-16(20)19(22-23)17(24)10-11-21/h2-9,12-14,20H,10H2,1H3. The molecule has 1 atom stereocenters. The van der Waals surface area contributed by atoms with Crippen molar-refractivity contribution < 1.29 is 14.3 Å². The third-order valence-corrected chi connectivity index (χ3v) is 4.65. The molecule has 0 fully saturated rings. The van der Waals surface area contributed by atoms with Crippen LogP contribution >= 0.6 is 0 Å². The van der Waals surface area contributed by atoms with E-state index in [1.54, 1.807) is 13.4 Å². The van der Waals surface area contributed by atoms with Crippen LogP contribution in [0.15, 0.2) is 65.5 Å². The Hall–Kier alpha value is -3.17. The van der Waals surface area contributed by atoms with E-state index in [0.29, 0.717) is 11.3 Å². The highest BCUT2D eigenvalue weighted by molar-refractivity contribution is 6.47. The number of Topliss-reactive ketones (excluding diaryl/α,β-unsaturated/α-hetero) is 1. The molecule has 0 saturated heterocycles. The summed E-state index contributed by atoms with van der Waals surface area (Å²) in [5.74, 6) is 0.446. The number of ether oxygens (including phenoxy) is 2. The number of methoxy groups -OCH3 is 1. The minimum atomic E-state index is -0.298. The van der Waals surface area contributed by atoms with E-state index in [9.17, 15) is 4.79 Å². The molecule has 0 aromatic heterocycles. The first kappa shape index (κ1) is 16.3. The maximum atomic E-state index is 12.4. The second kappa shape index (κ2) is 6.62. The fourth-order valence-corrected chi connectivity index (χ4v) is 3.39. The Morgan fingerprint density at radius 2 is 2.08 bits per heavy atom. The SMILES string of the molecule is COC1C=CC(N2N=C(C(=O)CC#N)C3=COc4ccccc4C32)C=C1. The maximum Gasteiger partial charge on any atom is 0.197 e. The normalized spacial score (nSPS) is 25.5. The molecular formula is C20H17N3O3. The van der Waals surface area contributed by atoms with E-state index < -0.39 is 0 Å². The van der Waals surface area contributed by atoms with Crippen molar-refractivity contribution in [1.29, 1.82) is 5.26 Å². The van der Waals surface area contributed by atoms with Gasteiger partial charge in [0.25, 0.3) is 0 Å². The van der Waals surface area contributed by atoms with Gasteiger partial charge in [-0.05, 0) is 6.07 Å². The van der Waals surface area contributed by atoms with Gasteiger partial charge in [-0.1, -0.05) is 42.5 Å². The van der Waals surface area contributed by atoms with Crippen molar-refractivity contribution in [3.8, 4) is 11.8 Å². The summed E-state index contributed by atoms with van der Waals surface area (Å²) >= 11 is 0. The summed E-state index contributed by atoms with van der Waals surface area (Å²) in [5.41, 5.74) is 1.94. The summed E-state index contributed by atoms with van der Waals surface area (Å²) in [6.45, 7) is 0. The van der Waals surface area contributed by atoms with Gasteiger partial charge in [0.05, 0.1) is 24.5 Å². The first-order valence-electron chi connectivity index (χ1n) is 8.35. The highest BCUT2D eigenvalue weighted by atomic mass is 16.5. The molecule has 0 spiro atoms. The molecule has 1 unspecified atom stereocenters. The van der Waals surface area contributed by atoms with E-state index in [0.717, 1.165) is 11.3 Å². The molecule has 26 heavy (non-hydrogen) atoms. The van der Waals surface area contributed by atoms with Crippen LogP contribution in [0.25, 0.3) is 0 Å². The number of hydrogen-bond donors (Lipinski definition) is 0. The molecule has 1 aliphatic carbocycles. The van der Waals surface area contributed by atoms with Crippen LogP contribution in [0.5, 0.6) is 5.75 Å². The predicted molar refractivity (Wildman–Crippen MR) is 95.3 cm³/mol. The van der Waals surface area contributed by atoms with Crippen LogP contribution in [0.2, 0.25) is 0 Å². The number of fused-ring (bicyclic) bond motifs is 3. The van der Waals surface area contributed by atoms with Crippen molar-refractivity contribution >= 4 is 11.5 Å². The molecule has 0 radical (unpaired) electrons. The highest BCUT2D eigenvalue weighted by Crippen LogP contribution is 2.44. The number of para-hydroxylation sites is 1. The summed E-state index contributed by atoms with van der Waals surface area (Å²) in [7, 11) is 1.65. The van der Waals surface area contributed by atoms with Crippen molar-refractivity contribution in [2.24, 2.45) is 5.10 Å². The smallest absolute Gasteiger partial charge is 0.197 e. The van der Waals surface area contributed by atoms with Crippen LogP contribution in [-0.4, -0.2) is 35.8 Å². The van der Waals surface area contributed by atoms with Crippen LogP contribution in [0.3, 0.4) is 0 Å². The zero-order valence-corrected chi connectivity index (χ0v) is 14.2. The lowest BCUT2D eigenvalue weighted by Gasteiger charge is -2.33. The summed E-state index contributed by atoms with van der Waals surface area (Å²) in [6.07, 6.45) is 9.24. The number of hydrazone groups is 1. The van der Waals surface area contributed by atoms with Gasteiger partial charge >= 0.3 is 0 Å². The molecule has 6 nitrogen and oxygen atoms in total. The topological polar surface area (TPSA) is 74.9 Å². The molecular weight excluding hydrogens is 330 g/mol. The lowest BCUT2D eigenvalue weighted by Crippen LogP contribution is -2.32. The van der Waals surface area contributed by atoms with Crippen LogP contribution in [0.1, 0.15) is 18.0 Å². The van der Waals surface area contributed by atoms with Gasteiger partial charge in [-0.25, -0.2) is 0 Å². The van der Waals surface area contributed by atoms with Crippen LogP contribution < -0.4 is 4.74 Å². The molecule has 0 saturated carbocycles. The number of rotatable bonds is 4. The van der Waals surface area contributed by atoms with Gasteiger partial charge in [-0.2, -0.15) is 10.4 Å². The van der Waals surface area contributed by atoms with Crippen molar-refractivity contribution in [1.82, 2.24) is 5.01 Å². The lowest BCUT2D eigenvalue weighted by molar-refractivity contribution is -0.112. The minimum absolute atomic E-state index is 0.0606. The number of ketones is 1. The third kappa shape index (κ3) is 2.63. The Morgan fingerprint density at radius 3 is 2.81 bits per heavy atom. The second-order valence-corrected chi connectivity index (χ2v) is 6.18. The highest BCUT2D eigenvalue weighted by Gasteiger charge is 2.42. The van der Waals surface area contributed by atoms with Gasteiger partial charge in [-0.15, -0.1) is 0 Å². The molecule has 1 aromatic rings. The number of carbonyl (C=O) groups excluding carboxylic acids is 1. The molecule has 2 aliphatic heterocycles. The number of nitrogens with zero attached hydrogens (tertiary/aromatic N) is 3. The quantitative estimate of drug-likeness (QED) is 0.783. The van der Waals surface area contributed by atoms with Crippen LogP contribution in [-0.2, 0) is 9.53 Å². The number of benzene rings is 1. The molecule has 1 aromatic carbocycles. The Kier molecular flexibility index (Phi) is 4.15. The maximum absolute atomic E-state index is 12.4. The zero-order chi connectivity index (χ0) is 18.1. The summed E-state index contributed by atoms with van der Waals surface area (Å²) in [5, 5.41) is 15.4. The zero-order valence-electron chi connectivity index (χ0n) is 14.2. The van der Waals surface area contributed by atoms with E-state index in [-0.39, 0.29) is 30.4 Å². The fourth-order valence-electron chi connectivity index (χ4n) is 3.39. The van der Waals surface area contributed by atoms with Gasteiger partial charge in [0.15, 0.2) is 5.78 Å². The number of hydrogen-bond acceptors (Lipinski definition) is 6. The Labute approximate surface area is 151 Å².